The monoisotopic (exact) mass is 746 g/mol. The molecule has 31 heteroatoms. The van der Waals surface area contributed by atoms with Crippen molar-refractivity contribution in [2.45, 2.75) is 36.6 Å². The third kappa shape index (κ3) is 26.5. The first-order valence-corrected chi connectivity index (χ1v) is 15.4. The standard InChI is InChI=1S/2C6H14O12P2.3Mg/c2*7-1-3(8)5(10)6(11)4(9)2-17-20(15,16)18-19(12,13)14;;;/h2*3,5-8,10-11H,1-2H2,(H,15,16)(H2,12,13,14);;;/q;;3*+2/p-6/t2*3-,5-,6-;;;/m11.../s1. The van der Waals surface area contributed by atoms with E-state index in [4.69, 9.17) is 40.9 Å². The zero-order valence-electron chi connectivity index (χ0n) is 21.3. The van der Waals surface area contributed by atoms with Crippen LogP contribution >= 0.6 is 31.3 Å². The normalized spacial score (nSPS) is 18.6. The van der Waals surface area contributed by atoms with Gasteiger partial charge in [0.05, 0.1) is 28.9 Å². The summed E-state index contributed by atoms with van der Waals surface area (Å²) in [7, 11) is -23.1. The molecule has 0 aromatic heterocycles. The topological polar surface area (TPSA) is 440 Å². The minimum atomic E-state index is -5.91. The first-order chi connectivity index (χ1) is 17.8. The van der Waals surface area contributed by atoms with Gasteiger partial charge in [0.25, 0.3) is 15.6 Å². The summed E-state index contributed by atoms with van der Waals surface area (Å²) in [6.07, 6.45) is -12.7. The van der Waals surface area contributed by atoms with Crippen molar-refractivity contribution in [3.8, 4) is 0 Å². The van der Waals surface area contributed by atoms with E-state index in [0.717, 1.165) is 0 Å². The van der Waals surface area contributed by atoms with Crippen molar-refractivity contribution in [3.63, 3.8) is 0 Å². The van der Waals surface area contributed by atoms with Gasteiger partial charge in [0.1, 0.15) is 49.8 Å². The Bertz CT molecular complexity index is 926. The molecule has 0 spiro atoms. The van der Waals surface area contributed by atoms with E-state index in [2.05, 4.69) is 17.7 Å². The Kier molecular flexibility index (Phi) is 30.4. The van der Waals surface area contributed by atoms with Gasteiger partial charge in [0, 0.05) is 0 Å². The Labute approximate surface area is 289 Å². The molecular weight excluding hydrogens is 725 g/mol. The Hall–Kier alpha value is 1.84. The van der Waals surface area contributed by atoms with Crippen LogP contribution in [0.5, 0.6) is 0 Å². The molecule has 0 rings (SSSR count). The van der Waals surface area contributed by atoms with E-state index >= 15 is 0 Å². The number of aliphatic hydroxyl groups is 8. The predicted molar refractivity (Wildman–Crippen MR) is 122 cm³/mol. The fourth-order valence-electron chi connectivity index (χ4n) is 1.77. The Morgan fingerprint density at radius 2 is 0.791 bits per heavy atom. The quantitative estimate of drug-likeness (QED) is 0.0476. The summed E-state index contributed by atoms with van der Waals surface area (Å²) in [5.74, 6) is -2.95. The van der Waals surface area contributed by atoms with Crippen LogP contribution in [-0.4, -0.2) is 185 Å². The van der Waals surface area contributed by atoms with E-state index in [0.29, 0.717) is 0 Å². The Morgan fingerprint density at radius 3 is 0.977 bits per heavy atom. The number of carbonyl (C=O) groups excluding carboxylic acids is 2. The summed E-state index contributed by atoms with van der Waals surface area (Å²) in [5, 5.41) is 71.3. The molecule has 240 valence electrons. The fraction of sp³-hybridized carbons (Fsp3) is 0.833. The van der Waals surface area contributed by atoms with E-state index in [-0.39, 0.29) is 69.2 Å². The molecule has 0 fully saturated rings. The van der Waals surface area contributed by atoms with Crippen LogP contribution in [0.15, 0.2) is 0 Å². The van der Waals surface area contributed by atoms with Crippen LogP contribution in [0.25, 0.3) is 0 Å². The first-order valence-electron chi connectivity index (χ1n) is 9.52. The molecule has 0 saturated carbocycles. The molecule has 0 aliphatic heterocycles. The summed E-state index contributed by atoms with van der Waals surface area (Å²) >= 11 is 0. The van der Waals surface area contributed by atoms with Gasteiger partial charge in [-0.15, -0.1) is 0 Å². The van der Waals surface area contributed by atoms with E-state index in [1.807, 2.05) is 0 Å². The number of phosphoric ester groups is 2. The molecule has 0 amide bonds. The van der Waals surface area contributed by atoms with Gasteiger partial charge in [-0.2, -0.15) is 0 Å². The van der Waals surface area contributed by atoms with Crippen LogP contribution in [0.4, 0.5) is 0 Å². The minimum absolute atomic E-state index is 0. The summed E-state index contributed by atoms with van der Waals surface area (Å²) in [4.78, 5) is 83.9. The van der Waals surface area contributed by atoms with Crippen molar-refractivity contribution in [3.05, 3.63) is 0 Å². The number of rotatable bonds is 18. The zero-order valence-corrected chi connectivity index (χ0v) is 29.1. The van der Waals surface area contributed by atoms with Crippen LogP contribution in [0.1, 0.15) is 0 Å². The number of hydrogen-bond acceptors (Lipinski definition) is 24. The van der Waals surface area contributed by atoms with Crippen molar-refractivity contribution >= 4 is 112 Å². The Balaban J connectivity index is -0.000000209. The molecule has 0 radical (unpaired) electrons. The molecule has 2 unspecified atom stereocenters. The number of aliphatic hydroxyl groups excluding tert-OH is 8. The van der Waals surface area contributed by atoms with Gasteiger partial charge in [-0.3, -0.25) is 27.3 Å². The molecule has 0 aromatic carbocycles. The largest absolute Gasteiger partial charge is 2.00 e. The van der Waals surface area contributed by atoms with Gasteiger partial charge in [-0.1, -0.05) is 0 Å². The zero-order chi connectivity index (χ0) is 32.3. The number of hydrogen-bond donors (Lipinski definition) is 8. The van der Waals surface area contributed by atoms with Gasteiger partial charge in [0.2, 0.25) is 0 Å². The van der Waals surface area contributed by atoms with Crippen LogP contribution in [0.2, 0.25) is 0 Å². The number of ketones is 2. The number of Topliss-reactive ketones (excluding diaryl/α,β-unsaturated/α-hetero) is 2. The van der Waals surface area contributed by atoms with Gasteiger partial charge in [-0.25, -0.2) is 0 Å². The molecule has 24 nitrogen and oxygen atoms in total. The second-order valence-corrected chi connectivity index (χ2v) is 12.2. The van der Waals surface area contributed by atoms with Crippen LogP contribution in [0, 0.1) is 0 Å². The molecule has 0 aliphatic rings. The summed E-state index contributed by atoms with van der Waals surface area (Å²) in [5.41, 5.74) is 0. The average molecular weight is 747 g/mol. The molecule has 8 N–H and O–H groups in total. The van der Waals surface area contributed by atoms with Crippen molar-refractivity contribution < 1.29 is 116 Å². The number of carbonyl (C=O) groups is 2. The predicted octanol–water partition coefficient (Wildman–Crippen LogP) is -11.2. The van der Waals surface area contributed by atoms with Crippen LogP contribution < -0.4 is 29.4 Å². The van der Waals surface area contributed by atoms with Crippen molar-refractivity contribution in [1.82, 2.24) is 0 Å². The molecule has 0 heterocycles. The maximum absolute atomic E-state index is 11.1. The number of phosphoric acid groups is 4. The second kappa shape index (κ2) is 24.0. The van der Waals surface area contributed by atoms with E-state index in [1.165, 1.54) is 0 Å². The minimum Gasteiger partial charge on any atom is -0.790 e. The third-order valence-corrected chi connectivity index (χ3v) is 7.69. The molecule has 8 atom stereocenters. The van der Waals surface area contributed by atoms with Crippen molar-refractivity contribution in [1.29, 1.82) is 0 Å². The molecular formula is C12H22Mg3O24P4. The van der Waals surface area contributed by atoms with Crippen molar-refractivity contribution in [2.75, 3.05) is 26.4 Å². The van der Waals surface area contributed by atoms with Gasteiger partial charge in [-0.05, 0) is 0 Å². The second-order valence-electron chi connectivity index (χ2n) is 6.80. The SMILES string of the molecule is O=C(COP(=O)([O-])OP(=O)([O-])[O-])[C@@H](O)[C@H](O)[C@H](O)CO.O=C(COP(=O)([O-])OP(=O)([O-])[O-])[C@@H](O)[C@H](O)[C@H](O)CO.[Mg+2].[Mg+2].[Mg+2]. The molecule has 0 bridgehead atoms. The molecule has 43 heavy (non-hydrogen) atoms. The Morgan fingerprint density at radius 1 is 0.558 bits per heavy atom. The van der Waals surface area contributed by atoms with Crippen molar-refractivity contribution in [2.24, 2.45) is 0 Å². The molecule has 0 saturated heterocycles. The van der Waals surface area contributed by atoms with E-state index in [9.17, 15) is 57.2 Å². The van der Waals surface area contributed by atoms with Crippen LogP contribution in [0.3, 0.4) is 0 Å². The molecule has 0 aliphatic carbocycles. The summed E-state index contributed by atoms with van der Waals surface area (Å²) in [6.45, 7) is -4.91. The smallest absolute Gasteiger partial charge is 0.790 e. The summed E-state index contributed by atoms with van der Waals surface area (Å²) < 4.78 is 55.0. The van der Waals surface area contributed by atoms with E-state index < -0.39 is 106 Å². The average Bonchev–Trinajstić information content (AvgIpc) is 2.80. The summed E-state index contributed by atoms with van der Waals surface area (Å²) in [6, 6.07) is 0. The van der Waals surface area contributed by atoms with Gasteiger partial charge >= 0.3 is 69.2 Å². The fourth-order valence-corrected chi connectivity index (χ4v) is 4.67. The van der Waals surface area contributed by atoms with Gasteiger partial charge in [0.15, 0.2) is 11.6 Å². The van der Waals surface area contributed by atoms with Gasteiger partial charge < -0.3 is 88.4 Å². The molecule has 0 aromatic rings. The third-order valence-electron chi connectivity index (χ3n) is 3.60. The maximum Gasteiger partial charge on any atom is 2.00 e. The first kappa shape index (κ1) is 54.3. The van der Waals surface area contributed by atoms with Crippen LogP contribution in [-0.2, 0) is 45.5 Å². The van der Waals surface area contributed by atoms with E-state index in [1.54, 1.807) is 0 Å². The maximum atomic E-state index is 11.1.